The van der Waals surface area contributed by atoms with E-state index in [1.54, 1.807) is 18.2 Å². The summed E-state index contributed by atoms with van der Waals surface area (Å²) >= 11 is 0. The quantitative estimate of drug-likeness (QED) is 0.252. The lowest BCUT2D eigenvalue weighted by atomic mass is 9.82. The van der Waals surface area contributed by atoms with Gasteiger partial charge in [0.15, 0.2) is 5.78 Å². The molecule has 4 aromatic rings. The third-order valence-corrected chi connectivity index (χ3v) is 5.81. The highest BCUT2D eigenvalue weighted by atomic mass is 35.5. The molecule has 3 aromatic carbocycles. The van der Waals surface area contributed by atoms with Gasteiger partial charge in [-0.3, -0.25) is 9.59 Å². The van der Waals surface area contributed by atoms with Crippen molar-refractivity contribution in [1.29, 1.82) is 0 Å². The summed E-state index contributed by atoms with van der Waals surface area (Å²) in [5, 5.41) is 34.5. The number of aromatic amines is 1. The molecule has 8 heteroatoms. The summed E-state index contributed by atoms with van der Waals surface area (Å²) in [4.78, 5) is 28.9. The molecule has 0 bridgehead atoms. The molecule has 0 saturated carbocycles. The van der Waals surface area contributed by atoms with Crippen LogP contribution in [0.5, 0.6) is 17.2 Å². The van der Waals surface area contributed by atoms with E-state index < -0.39 is 11.6 Å². The van der Waals surface area contributed by atoms with Gasteiger partial charge in [0.1, 0.15) is 17.2 Å². The van der Waals surface area contributed by atoms with Crippen LogP contribution >= 0.6 is 12.4 Å². The van der Waals surface area contributed by atoms with Crippen molar-refractivity contribution in [2.75, 3.05) is 6.54 Å². The molecule has 0 aliphatic heterocycles. The highest BCUT2D eigenvalue weighted by Gasteiger charge is 2.34. The third kappa shape index (κ3) is 3.82. The van der Waals surface area contributed by atoms with E-state index in [4.69, 9.17) is 0 Å². The standard InChI is InChI=1S/C25H20N2O5.ClH/c28-15-4-5-19-17(10-15)14(12-27-19)6-7-26-11-13-8-18-23(21(30)9-13)25(32)22-16(24(18)31)2-1-3-20(22)29;/h1-5,8-10,12,26-30H,6-7,11H2;1H. The average Bonchev–Trinajstić information content (AvgIpc) is 3.16. The summed E-state index contributed by atoms with van der Waals surface area (Å²) in [6.45, 7) is 1.02. The predicted molar refractivity (Wildman–Crippen MR) is 126 cm³/mol. The SMILES string of the molecule is Cl.O=C1c2cccc(O)c2C(=O)c2c(O)cc(CNCCc3c[nH]c4ccc(O)cc34)cc21. The Morgan fingerprint density at radius 3 is 2.45 bits per heavy atom. The number of carbonyl (C=O) groups excluding carboxylic acids is 2. The Balaban J connectivity index is 0.00000259. The number of aromatic nitrogens is 1. The van der Waals surface area contributed by atoms with Gasteiger partial charge in [-0.25, -0.2) is 0 Å². The maximum atomic E-state index is 12.9. The van der Waals surface area contributed by atoms with Crippen molar-refractivity contribution in [3.8, 4) is 17.2 Å². The topological polar surface area (TPSA) is 123 Å². The molecule has 1 aliphatic carbocycles. The fraction of sp³-hybridized carbons (Fsp3) is 0.120. The van der Waals surface area contributed by atoms with Crippen molar-refractivity contribution in [3.05, 3.63) is 88.1 Å². The fourth-order valence-electron chi connectivity index (χ4n) is 4.27. The van der Waals surface area contributed by atoms with Crippen LogP contribution in [0.15, 0.2) is 54.7 Å². The van der Waals surface area contributed by atoms with Crippen LogP contribution in [0, 0.1) is 0 Å². The number of hydrogen-bond donors (Lipinski definition) is 5. The first-order chi connectivity index (χ1) is 15.4. The number of phenols is 3. The number of benzene rings is 3. The molecular weight excluding hydrogens is 444 g/mol. The second-order valence-corrected chi connectivity index (χ2v) is 7.87. The second kappa shape index (κ2) is 8.61. The number of ketones is 2. The molecule has 33 heavy (non-hydrogen) atoms. The van der Waals surface area contributed by atoms with Gasteiger partial charge >= 0.3 is 0 Å². The number of aromatic hydroxyl groups is 3. The summed E-state index contributed by atoms with van der Waals surface area (Å²) in [5.41, 5.74) is 2.80. The normalized spacial score (nSPS) is 12.4. The van der Waals surface area contributed by atoms with Crippen molar-refractivity contribution in [2.45, 2.75) is 13.0 Å². The summed E-state index contributed by atoms with van der Waals surface area (Å²) in [7, 11) is 0. The van der Waals surface area contributed by atoms with Crippen LogP contribution < -0.4 is 5.32 Å². The minimum absolute atomic E-state index is 0. The molecule has 0 radical (unpaired) electrons. The zero-order valence-electron chi connectivity index (χ0n) is 17.4. The van der Waals surface area contributed by atoms with Crippen LogP contribution in [0.4, 0.5) is 0 Å². The number of phenolic OH excluding ortho intramolecular Hbond substituents is 3. The van der Waals surface area contributed by atoms with Gasteiger partial charge in [0.05, 0.1) is 11.1 Å². The number of carbonyl (C=O) groups is 2. The zero-order chi connectivity index (χ0) is 22.4. The second-order valence-electron chi connectivity index (χ2n) is 7.87. The van der Waals surface area contributed by atoms with E-state index in [1.165, 1.54) is 24.3 Å². The Hall–Kier alpha value is -3.81. The summed E-state index contributed by atoms with van der Waals surface area (Å²) in [5.74, 6) is -1.31. The Morgan fingerprint density at radius 2 is 1.64 bits per heavy atom. The Labute approximate surface area is 195 Å². The molecule has 7 nitrogen and oxygen atoms in total. The molecule has 0 spiro atoms. The van der Waals surface area contributed by atoms with Crippen molar-refractivity contribution in [2.24, 2.45) is 0 Å². The molecule has 5 rings (SSSR count). The molecule has 0 saturated heterocycles. The minimum Gasteiger partial charge on any atom is -0.508 e. The van der Waals surface area contributed by atoms with Gasteiger partial charge in [-0.2, -0.15) is 0 Å². The number of fused-ring (bicyclic) bond motifs is 3. The lowest BCUT2D eigenvalue weighted by Gasteiger charge is -2.20. The molecule has 0 atom stereocenters. The minimum atomic E-state index is -0.563. The van der Waals surface area contributed by atoms with E-state index in [2.05, 4.69) is 10.3 Å². The largest absolute Gasteiger partial charge is 0.508 e. The molecule has 1 heterocycles. The van der Waals surface area contributed by atoms with Gasteiger partial charge < -0.3 is 25.6 Å². The van der Waals surface area contributed by atoms with E-state index in [9.17, 15) is 24.9 Å². The number of halogens is 1. The smallest absolute Gasteiger partial charge is 0.201 e. The number of hydrogen-bond acceptors (Lipinski definition) is 6. The lowest BCUT2D eigenvalue weighted by Crippen LogP contribution is -2.22. The van der Waals surface area contributed by atoms with Crippen LogP contribution in [-0.2, 0) is 13.0 Å². The highest BCUT2D eigenvalue weighted by Crippen LogP contribution is 2.37. The van der Waals surface area contributed by atoms with Gasteiger partial charge in [0.2, 0.25) is 5.78 Å². The van der Waals surface area contributed by atoms with Gasteiger partial charge in [-0.05, 0) is 60.5 Å². The predicted octanol–water partition coefficient (Wildman–Crippen LogP) is 3.81. The Kier molecular flexibility index (Phi) is 5.84. The summed E-state index contributed by atoms with van der Waals surface area (Å²) in [6.07, 6.45) is 2.62. The zero-order valence-corrected chi connectivity index (χ0v) is 18.2. The van der Waals surface area contributed by atoms with Crippen molar-refractivity contribution < 1.29 is 24.9 Å². The third-order valence-electron chi connectivity index (χ3n) is 5.81. The van der Waals surface area contributed by atoms with Crippen molar-refractivity contribution in [3.63, 3.8) is 0 Å². The molecule has 0 unspecified atom stereocenters. The van der Waals surface area contributed by atoms with E-state index in [1.807, 2.05) is 12.3 Å². The highest BCUT2D eigenvalue weighted by molar-refractivity contribution is 6.30. The first kappa shape index (κ1) is 22.4. The molecule has 1 aliphatic rings. The van der Waals surface area contributed by atoms with Gasteiger partial charge in [0, 0.05) is 34.8 Å². The average molecular weight is 465 g/mol. The molecule has 1 aromatic heterocycles. The molecule has 0 fully saturated rings. The van der Waals surface area contributed by atoms with Gasteiger partial charge in [-0.1, -0.05) is 12.1 Å². The van der Waals surface area contributed by atoms with E-state index in [0.717, 1.165) is 16.5 Å². The summed E-state index contributed by atoms with van der Waals surface area (Å²) in [6, 6.07) is 12.6. The van der Waals surface area contributed by atoms with Gasteiger partial charge in [-0.15, -0.1) is 12.4 Å². The first-order valence-electron chi connectivity index (χ1n) is 10.2. The number of rotatable bonds is 5. The van der Waals surface area contributed by atoms with Crippen molar-refractivity contribution >= 4 is 34.9 Å². The molecule has 168 valence electrons. The van der Waals surface area contributed by atoms with Crippen LogP contribution in [0.2, 0.25) is 0 Å². The van der Waals surface area contributed by atoms with Gasteiger partial charge in [0.25, 0.3) is 0 Å². The fourth-order valence-corrected chi connectivity index (χ4v) is 4.27. The monoisotopic (exact) mass is 464 g/mol. The van der Waals surface area contributed by atoms with Crippen molar-refractivity contribution in [1.82, 2.24) is 10.3 Å². The molecule has 0 amide bonds. The maximum absolute atomic E-state index is 12.9. The molecule has 5 N–H and O–H groups in total. The van der Waals surface area contributed by atoms with Crippen LogP contribution in [0.1, 0.15) is 43.0 Å². The number of nitrogens with one attached hydrogen (secondary N) is 2. The number of H-pyrrole nitrogens is 1. The van der Waals surface area contributed by atoms with Crippen LogP contribution in [0.3, 0.4) is 0 Å². The van der Waals surface area contributed by atoms with Crippen LogP contribution in [0.25, 0.3) is 10.9 Å². The first-order valence-corrected chi connectivity index (χ1v) is 10.2. The van der Waals surface area contributed by atoms with Crippen LogP contribution in [-0.4, -0.2) is 38.4 Å². The summed E-state index contributed by atoms with van der Waals surface area (Å²) < 4.78 is 0. The lowest BCUT2D eigenvalue weighted by molar-refractivity contribution is 0.0974. The van der Waals surface area contributed by atoms with E-state index in [0.29, 0.717) is 25.1 Å². The Morgan fingerprint density at radius 1 is 0.848 bits per heavy atom. The maximum Gasteiger partial charge on any atom is 0.201 e. The Bertz CT molecular complexity index is 1410. The van der Waals surface area contributed by atoms with E-state index >= 15 is 0 Å². The van der Waals surface area contributed by atoms with E-state index in [-0.39, 0.29) is 51.9 Å². The molecular formula is C25H21ClN2O5.